The van der Waals surface area contributed by atoms with Gasteiger partial charge in [-0.15, -0.1) is 0 Å². The second-order valence-corrected chi connectivity index (χ2v) is 7.64. The van der Waals surface area contributed by atoms with E-state index in [0.717, 1.165) is 45.5 Å². The van der Waals surface area contributed by atoms with Gasteiger partial charge in [0.05, 0.1) is 17.8 Å². The van der Waals surface area contributed by atoms with Crippen molar-refractivity contribution < 1.29 is 9.53 Å². The number of piperidine rings is 1. The Hall–Kier alpha value is -1.46. The van der Waals surface area contributed by atoms with Crippen molar-refractivity contribution in [2.75, 3.05) is 39.3 Å². The first kappa shape index (κ1) is 16.0. The monoisotopic (exact) mass is 329 g/mol. The summed E-state index contributed by atoms with van der Waals surface area (Å²) in [6, 6.07) is 3.67. The number of likely N-dealkylation sites (tertiary alicyclic amines) is 2. The summed E-state index contributed by atoms with van der Waals surface area (Å²) in [5.41, 5.74) is 0.571. The summed E-state index contributed by atoms with van der Waals surface area (Å²) in [5.74, 6) is 0.713. The predicted octanol–water partition coefficient (Wildman–Crippen LogP) is 2.19. The van der Waals surface area contributed by atoms with E-state index in [1.807, 2.05) is 17.0 Å². The lowest BCUT2D eigenvalue weighted by Gasteiger charge is -2.40. The maximum Gasteiger partial charge on any atom is 0.255 e. The smallest absolute Gasteiger partial charge is 0.255 e. The molecule has 0 aliphatic carbocycles. The third-order valence-corrected chi connectivity index (χ3v) is 5.74. The number of carbonyl (C=O) groups excluding carboxylic acids is 1. The molecule has 1 spiro atoms. The van der Waals surface area contributed by atoms with E-state index in [2.05, 4.69) is 9.88 Å². The van der Waals surface area contributed by atoms with Gasteiger partial charge in [-0.05, 0) is 63.2 Å². The molecule has 0 N–H and O–H groups in total. The predicted molar refractivity (Wildman–Crippen MR) is 91.8 cm³/mol. The molecular formula is C19H27N3O2. The van der Waals surface area contributed by atoms with Crippen LogP contribution in [0, 0.1) is 5.92 Å². The maximum absolute atomic E-state index is 12.7. The van der Waals surface area contributed by atoms with E-state index < -0.39 is 0 Å². The minimum atomic E-state index is -0.111. The van der Waals surface area contributed by atoms with Crippen molar-refractivity contribution in [2.45, 2.75) is 37.7 Å². The van der Waals surface area contributed by atoms with Gasteiger partial charge in [0.1, 0.15) is 0 Å². The normalized spacial score (nSPS) is 31.0. The lowest BCUT2D eigenvalue weighted by Crippen LogP contribution is -2.50. The molecule has 3 saturated heterocycles. The summed E-state index contributed by atoms with van der Waals surface area (Å²) in [6.45, 7) is 6.07. The van der Waals surface area contributed by atoms with Crippen molar-refractivity contribution in [3.63, 3.8) is 0 Å². The molecule has 5 heteroatoms. The largest absolute Gasteiger partial charge is 0.373 e. The van der Waals surface area contributed by atoms with Gasteiger partial charge in [-0.25, -0.2) is 0 Å². The average molecular weight is 329 g/mol. The van der Waals surface area contributed by atoms with Crippen LogP contribution in [-0.2, 0) is 4.74 Å². The fraction of sp³-hybridized carbons (Fsp3) is 0.684. The number of nitrogens with zero attached hydrogens (tertiary/aromatic N) is 3. The van der Waals surface area contributed by atoms with Gasteiger partial charge in [0.15, 0.2) is 0 Å². The lowest BCUT2D eigenvalue weighted by atomic mass is 9.86. The van der Waals surface area contributed by atoms with Gasteiger partial charge in [-0.1, -0.05) is 0 Å². The van der Waals surface area contributed by atoms with E-state index in [-0.39, 0.29) is 11.5 Å². The number of carbonyl (C=O) groups is 1. The van der Waals surface area contributed by atoms with Crippen LogP contribution in [-0.4, -0.2) is 65.6 Å². The molecule has 5 nitrogen and oxygen atoms in total. The van der Waals surface area contributed by atoms with Crippen molar-refractivity contribution in [1.82, 2.24) is 14.8 Å². The number of aromatic nitrogens is 1. The van der Waals surface area contributed by atoms with E-state index >= 15 is 0 Å². The molecule has 24 heavy (non-hydrogen) atoms. The fourth-order valence-electron chi connectivity index (χ4n) is 4.61. The second kappa shape index (κ2) is 6.81. The van der Waals surface area contributed by atoms with Crippen molar-refractivity contribution in [3.05, 3.63) is 30.1 Å². The lowest BCUT2D eigenvalue weighted by molar-refractivity contribution is -0.0450. The summed E-state index contributed by atoms with van der Waals surface area (Å²) in [4.78, 5) is 21.3. The molecule has 1 aromatic heterocycles. The molecule has 4 heterocycles. The number of hydrogen-bond acceptors (Lipinski definition) is 4. The Balaban J connectivity index is 1.38. The van der Waals surface area contributed by atoms with E-state index in [0.29, 0.717) is 11.5 Å². The number of pyridine rings is 1. The highest BCUT2D eigenvalue weighted by Gasteiger charge is 2.44. The molecule has 1 amide bonds. The summed E-state index contributed by atoms with van der Waals surface area (Å²) >= 11 is 0. The minimum absolute atomic E-state index is 0.0915. The Morgan fingerprint density at radius 2 is 2.17 bits per heavy atom. The van der Waals surface area contributed by atoms with Gasteiger partial charge < -0.3 is 14.5 Å². The number of hydrogen-bond donors (Lipinski definition) is 0. The highest BCUT2D eigenvalue weighted by atomic mass is 16.5. The Morgan fingerprint density at radius 3 is 2.96 bits per heavy atom. The van der Waals surface area contributed by atoms with Crippen LogP contribution < -0.4 is 0 Å². The molecule has 0 saturated carbocycles. The van der Waals surface area contributed by atoms with Crippen LogP contribution in [0.15, 0.2) is 24.5 Å². The molecule has 2 atom stereocenters. The molecule has 3 aliphatic rings. The molecule has 2 unspecified atom stereocenters. The topological polar surface area (TPSA) is 45.7 Å². The first-order valence-electron chi connectivity index (χ1n) is 9.30. The second-order valence-electron chi connectivity index (χ2n) is 7.64. The number of amides is 1. The van der Waals surface area contributed by atoms with Crippen LogP contribution in [0.5, 0.6) is 0 Å². The van der Waals surface area contributed by atoms with Gasteiger partial charge in [0.25, 0.3) is 5.91 Å². The molecular weight excluding hydrogens is 302 g/mol. The average Bonchev–Trinajstić information content (AvgIpc) is 3.26. The standard InChI is InChI=1S/C19H27N3O2/c23-18(17-5-3-7-20-12-17)22-10-4-6-19(15-22)11-16(14-24-19)13-21-8-1-2-9-21/h3,5,7,12,16H,1-2,4,6,8-11,13-15H2. The minimum Gasteiger partial charge on any atom is -0.373 e. The van der Waals surface area contributed by atoms with Crippen LogP contribution in [0.4, 0.5) is 0 Å². The molecule has 1 aromatic rings. The van der Waals surface area contributed by atoms with Gasteiger partial charge in [-0.3, -0.25) is 9.78 Å². The zero-order valence-electron chi connectivity index (χ0n) is 14.3. The van der Waals surface area contributed by atoms with Gasteiger partial charge in [-0.2, -0.15) is 0 Å². The summed E-state index contributed by atoms with van der Waals surface area (Å²) in [7, 11) is 0. The highest BCUT2D eigenvalue weighted by Crippen LogP contribution is 2.38. The Morgan fingerprint density at radius 1 is 1.29 bits per heavy atom. The molecule has 0 aromatic carbocycles. The van der Waals surface area contributed by atoms with E-state index in [9.17, 15) is 4.79 Å². The van der Waals surface area contributed by atoms with Gasteiger partial charge in [0, 0.05) is 32.0 Å². The van der Waals surface area contributed by atoms with Crippen molar-refractivity contribution >= 4 is 5.91 Å². The maximum atomic E-state index is 12.7. The quantitative estimate of drug-likeness (QED) is 0.853. The summed E-state index contributed by atoms with van der Waals surface area (Å²) in [6.07, 6.45) is 9.26. The summed E-state index contributed by atoms with van der Waals surface area (Å²) < 4.78 is 6.28. The van der Waals surface area contributed by atoms with Gasteiger partial charge >= 0.3 is 0 Å². The first-order valence-corrected chi connectivity index (χ1v) is 9.30. The summed E-state index contributed by atoms with van der Waals surface area (Å²) in [5, 5.41) is 0. The van der Waals surface area contributed by atoms with Crippen LogP contribution in [0.3, 0.4) is 0 Å². The number of ether oxygens (including phenoxy) is 1. The molecule has 0 bridgehead atoms. The van der Waals surface area contributed by atoms with E-state index in [4.69, 9.17) is 4.74 Å². The van der Waals surface area contributed by atoms with Crippen molar-refractivity contribution in [3.8, 4) is 0 Å². The van der Waals surface area contributed by atoms with Crippen LogP contribution in [0.2, 0.25) is 0 Å². The Bertz CT molecular complexity index is 573. The van der Waals surface area contributed by atoms with E-state index in [1.54, 1.807) is 12.4 Å². The Labute approximate surface area is 144 Å². The third-order valence-electron chi connectivity index (χ3n) is 5.74. The van der Waals surface area contributed by atoms with E-state index in [1.165, 1.54) is 25.9 Å². The molecule has 0 radical (unpaired) electrons. The first-order chi connectivity index (χ1) is 11.7. The number of rotatable bonds is 3. The molecule has 130 valence electrons. The van der Waals surface area contributed by atoms with Crippen LogP contribution >= 0.6 is 0 Å². The zero-order valence-corrected chi connectivity index (χ0v) is 14.3. The van der Waals surface area contributed by atoms with Crippen LogP contribution in [0.25, 0.3) is 0 Å². The Kier molecular flexibility index (Phi) is 4.55. The van der Waals surface area contributed by atoms with Crippen LogP contribution in [0.1, 0.15) is 42.5 Å². The zero-order chi connectivity index (χ0) is 16.4. The van der Waals surface area contributed by atoms with Crippen molar-refractivity contribution in [2.24, 2.45) is 5.92 Å². The van der Waals surface area contributed by atoms with Crippen molar-refractivity contribution in [1.29, 1.82) is 0 Å². The molecule has 4 rings (SSSR count). The molecule has 3 aliphatic heterocycles. The highest BCUT2D eigenvalue weighted by molar-refractivity contribution is 5.94. The SMILES string of the molecule is O=C(c1cccnc1)N1CCCC2(CC(CN3CCCC3)CO2)C1. The fourth-order valence-corrected chi connectivity index (χ4v) is 4.61. The third kappa shape index (κ3) is 3.33. The van der Waals surface area contributed by atoms with Gasteiger partial charge in [0.2, 0.25) is 0 Å². The molecule has 3 fully saturated rings.